The highest BCUT2D eigenvalue weighted by Gasteiger charge is 2.23. The number of nitrogens with one attached hydrogen (secondary N) is 1. The zero-order valence-electron chi connectivity index (χ0n) is 10.7. The maximum absolute atomic E-state index is 11.9. The van der Waals surface area contributed by atoms with Gasteiger partial charge < -0.3 is 19.9 Å². The molecular formula is C14H12ClNO5. The Morgan fingerprint density at radius 1 is 1.24 bits per heavy atom. The molecule has 6 nitrogen and oxygen atoms in total. The lowest BCUT2D eigenvalue weighted by atomic mass is 10.1. The summed E-state index contributed by atoms with van der Waals surface area (Å²) in [6, 6.07) is 6.31. The average molecular weight is 310 g/mol. The van der Waals surface area contributed by atoms with E-state index in [1.165, 1.54) is 24.5 Å². The molecular weight excluding hydrogens is 298 g/mol. The number of benzene rings is 1. The van der Waals surface area contributed by atoms with Crippen molar-refractivity contribution in [1.29, 1.82) is 0 Å². The van der Waals surface area contributed by atoms with Gasteiger partial charge in [-0.05, 0) is 35.4 Å². The Morgan fingerprint density at radius 2 is 1.90 bits per heavy atom. The molecule has 1 aromatic heterocycles. The molecule has 21 heavy (non-hydrogen) atoms. The van der Waals surface area contributed by atoms with Crippen molar-refractivity contribution in [2.45, 2.75) is 12.5 Å². The van der Waals surface area contributed by atoms with Crippen molar-refractivity contribution in [3.05, 3.63) is 52.9 Å². The molecule has 3 N–H and O–H groups in total. The van der Waals surface area contributed by atoms with Crippen LogP contribution in [0.3, 0.4) is 0 Å². The highest BCUT2D eigenvalue weighted by molar-refractivity contribution is 6.32. The first-order valence-electron chi connectivity index (χ1n) is 6.02. The molecule has 0 aliphatic heterocycles. The number of furan rings is 1. The monoisotopic (exact) mass is 309 g/mol. The summed E-state index contributed by atoms with van der Waals surface area (Å²) >= 11 is 5.67. The molecule has 110 valence electrons. The van der Waals surface area contributed by atoms with Crippen molar-refractivity contribution in [3.63, 3.8) is 0 Å². The number of halogens is 1. The van der Waals surface area contributed by atoms with Gasteiger partial charge in [0.25, 0.3) is 5.91 Å². The first-order valence-corrected chi connectivity index (χ1v) is 6.39. The SMILES string of the molecule is O=C(N[C@@H](Cc1ccc(O)cc1)C(=O)O)c1ccoc1Cl. The van der Waals surface area contributed by atoms with Crippen molar-refractivity contribution in [1.82, 2.24) is 5.32 Å². The lowest BCUT2D eigenvalue weighted by Gasteiger charge is -2.14. The van der Waals surface area contributed by atoms with Crippen LogP contribution in [0.25, 0.3) is 0 Å². The number of carboxylic acid groups (broad SMARTS) is 1. The van der Waals surface area contributed by atoms with Crippen LogP contribution in [-0.4, -0.2) is 28.1 Å². The van der Waals surface area contributed by atoms with E-state index in [1.807, 2.05) is 0 Å². The molecule has 0 saturated heterocycles. The highest BCUT2D eigenvalue weighted by Crippen LogP contribution is 2.17. The number of phenolic OH excluding ortho intramolecular Hbond substituents is 1. The molecule has 0 fully saturated rings. The predicted octanol–water partition coefficient (Wildman–Crippen LogP) is 2.06. The number of rotatable bonds is 5. The minimum atomic E-state index is -1.17. The van der Waals surface area contributed by atoms with Gasteiger partial charge in [0, 0.05) is 6.42 Å². The van der Waals surface area contributed by atoms with E-state index in [4.69, 9.17) is 16.0 Å². The van der Waals surface area contributed by atoms with Gasteiger partial charge in [0.05, 0.1) is 11.8 Å². The van der Waals surface area contributed by atoms with E-state index in [0.29, 0.717) is 5.56 Å². The lowest BCUT2D eigenvalue weighted by molar-refractivity contribution is -0.139. The van der Waals surface area contributed by atoms with Crippen LogP contribution in [0.1, 0.15) is 15.9 Å². The number of carboxylic acids is 1. The molecule has 2 aromatic rings. The maximum atomic E-state index is 11.9. The van der Waals surface area contributed by atoms with E-state index >= 15 is 0 Å². The summed E-state index contributed by atoms with van der Waals surface area (Å²) in [5.74, 6) is -1.71. The number of amides is 1. The first-order chi connectivity index (χ1) is 9.97. The van der Waals surface area contributed by atoms with Gasteiger partial charge >= 0.3 is 5.97 Å². The Balaban J connectivity index is 2.09. The van der Waals surface area contributed by atoms with Crippen molar-refractivity contribution < 1.29 is 24.2 Å². The minimum absolute atomic E-state index is 0.0774. The van der Waals surface area contributed by atoms with Gasteiger partial charge in [-0.3, -0.25) is 4.79 Å². The summed E-state index contributed by atoms with van der Waals surface area (Å²) in [5, 5.41) is 20.7. The van der Waals surface area contributed by atoms with Crippen molar-refractivity contribution in [2.75, 3.05) is 0 Å². The normalized spacial score (nSPS) is 11.9. The minimum Gasteiger partial charge on any atom is -0.508 e. The number of phenols is 1. The summed E-state index contributed by atoms with van der Waals surface area (Å²) in [5.41, 5.74) is 0.743. The Kier molecular flexibility index (Phi) is 4.49. The lowest BCUT2D eigenvalue weighted by Crippen LogP contribution is -2.42. The summed E-state index contributed by atoms with van der Waals surface area (Å²) in [4.78, 5) is 23.2. The number of carbonyl (C=O) groups excluding carboxylic acids is 1. The van der Waals surface area contributed by atoms with E-state index in [1.54, 1.807) is 12.1 Å². The van der Waals surface area contributed by atoms with Crippen LogP contribution < -0.4 is 5.32 Å². The third-order valence-corrected chi connectivity index (χ3v) is 3.13. The molecule has 0 spiro atoms. The standard InChI is InChI=1S/C14H12ClNO5/c15-12-10(5-6-21-12)13(18)16-11(14(19)20)7-8-1-3-9(17)4-2-8/h1-6,11,17H,7H2,(H,16,18)(H,19,20)/t11-/m0/s1. The first kappa shape index (κ1) is 14.9. The van der Waals surface area contributed by atoms with Crippen molar-refractivity contribution in [2.24, 2.45) is 0 Å². The predicted molar refractivity (Wildman–Crippen MR) is 74.4 cm³/mol. The van der Waals surface area contributed by atoms with Crippen LogP contribution in [-0.2, 0) is 11.2 Å². The number of aromatic hydroxyl groups is 1. The van der Waals surface area contributed by atoms with Gasteiger partial charge in [-0.2, -0.15) is 0 Å². The Morgan fingerprint density at radius 3 is 2.43 bits per heavy atom. The van der Waals surface area contributed by atoms with Gasteiger partial charge in [-0.25, -0.2) is 4.79 Å². The van der Waals surface area contributed by atoms with Gasteiger partial charge in [-0.1, -0.05) is 12.1 Å². The van der Waals surface area contributed by atoms with E-state index < -0.39 is 17.9 Å². The zero-order chi connectivity index (χ0) is 15.4. The molecule has 1 heterocycles. The number of aliphatic carboxylic acids is 1. The molecule has 0 aliphatic carbocycles. The summed E-state index contributed by atoms with van der Waals surface area (Å²) in [6.45, 7) is 0. The topological polar surface area (TPSA) is 99.8 Å². The molecule has 1 amide bonds. The molecule has 0 unspecified atom stereocenters. The van der Waals surface area contributed by atoms with Crippen LogP contribution in [0.4, 0.5) is 0 Å². The van der Waals surface area contributed by atoms with Crippen LogP contribution in [0.2, 0.25) is 5.22 Å². The Hall–Kier alpha value is -2.47. The van der Waals surface area contributed by atoms with Gasteiger partial charge in [0.1, 0.15) is 11.8 Å². The molecule has 7 heteroatoms. The maximum Gasteiger partial charge on any atom is 0.326 e. The second-order valence-corrected chi connectivity index (χ2v) is 4.69. The van der Waals surface area contributed by atoms with Crippen molar-refractivity contribution in [3.8, 4) is 5.75 Å². The largest absolute Gasteiger partial charge is 0.508 e. The fraction of sp³-hybridized carbons (Fsp3) is 0.143. The molecule has 0 bridgehead atoms. The third kappa shape index (κ3) is 3.76. The van der Waals surface area contributed by atoms with E-state index in [-0.39, 0.29) is 23.0 Å². The molecule has 1 aromatic carbocycles. The smallest absolute Gasteiger partial charge is 0.326 e. The van der Waals surface area contributed by atoms with Crippen LogP contribution >= 0.6 is 11.6 Å². The van der Waals surface area contributed by atoms with E-state index in [9.17, 15) is 19.8 Å². The Labute approximate surface area is 125 Å². The second-order valence-electron chi connectivity index (χ2n) is 4.34. The second kappa shape index (κ2) is 6.32. The summed E-state index contributed by atoms with van der Waals surface area (Å²) < 4.78 is 4.79. The number of hydrogen-bond donors (Lipinski definition) is 3. The van der Waals surface area contributed by atoms with E-state index in [2.05, 4.69) is 5.32 Å². The Bertz CT molecular complexity index is 650. The molecule has 1 atom stereocenters. The van der Waals surface area contributed by atoms with Gasteiger partial charge in [0.2, 0.25) is 5.22 Å². The van der Waals surface area contributed by atoms with Gasteiger partial charge in [-0.15, -0.1) is 0 Å². The summed E-state index contributed by atoms with van der Waals surface area (Å²) in [7, 11) is 0. The van der Waals surface area contributed by atoms with E-state index in [0.717, 1.165) is 0 Å². The average Bonchev–Trinajstić information content (AvgIpc) is 2.86. The fourth-order valence-corrected chi connectivity index (χ4v) is 1.96. The highest BCUT2D eigenvalue weighted by atomic mass is 35.5. The summed E-state index contributed by atoms with van der Waals surface area (Å²) in [6.07, 6.45) is 1.32. The van der Waals surface area contributed by atoms with Crippen LogP contribution in [0.5, 0.6) is 5.75 Å². The molecule has 0 radical (unpaired) electrons. The number of carbonyl (C=O) groups is 2. The van der Waals surface area contributed by atoms with Crippen LogP contribution in [0, 0.1) is 0 Å². The number of hydrogen-bond acceptors (Lipinski definition) is 4. The third-order valence-electron chi connectivity index (χ3n) is 2.84. The molecule has 2 rings (SSSR count). The molecule has 0 aliphatic rings. The van der Waals surface area contributed by atoms with Crippen molar-refractivity contribution >= 4 is 23.5 Å². The fourth-order valence-electron chi connectivity index (χ4n) is 1.76. The zero-order valence-corrected chi connectivity index (χ0v) is 11.5. The molecule has 0 saturated carbocycles. The quantitative estimate of drug-likeness (QED) is 0.785. The van der Waals surface area contributed by atoms with Crippen LogP contribution in [0.15, 0.2) is 41.0 Å². The van der Waals surface area contributed by atoms with Gasteiger partial charge in [0.15, 0.2) is 0 Å².